The molecule has 0 radical (unpaired) electrons. The number of rotatable bonds is 1. The molecular formula is C20H18ClN. The van der Waals surface area contributed by atoms with E-state index in [1.54, 1.807) is 0 Å². The zero-order valence-corrected chi connectivity index (χ0v) is 13.4. The molecule has 3 aromatic rings. The molecule has 0 spiro atoms. The fraction of sp³-hybridized carbons (Fsp3) is 0.250. The van der Waals surface area contributed by atoms with Gasteiger partial charge in [-0.15, -0.1) is 0 Å². The van der Waals surface area contributed by atoms with E-state index < -0.39 is 0 Å². The smallest absolute Gasteiger partial charge is 0.0712 e. The lowest BCUT2D eigenvalue weighted by molar-refractivity contribution is 0.496. The minimum absolute atomic E-state index is 0.716. The van der Waals surface area contributed by atoms with Gasteiger partial charge in [0.05, 0.1) is 5.52 Å². The van der Waals surface area contributed by atoms with Crippen LogP contribution in [0.1, 0.15) is 24.6 Å². The van der Waals surface area contributed by atoms with Crippen molar-refractivity contribution >= 4 is 22.5 Å². The van der Waals surface area contributed by atoms with Gasteiger partial charge in [0.1, 0.15) is 0 Å². The maximum atomic E-state index is 6.26. The molecule has 1 nitrogen and oxygen atoms in total. The summed E-state index contributed by atoms with van der Waals surface area (Å²) < 4.78 is 0. The second-order valence-corrected chi connectivity index (χ2v) is 6.72. The Kier molecular flexibility index (Phi) is 3.38. The van der Waals surface area contributed by atoms with Crippen LogP contribution in [0, 0.1) is 5.92 Å². The lowest BCUT2D eigenvalue weighted by Crippen LogP contribution is -2.14. The molecule has 1 unspecified atom stereocenters. The Morgan fingerprint density at radius 3 is 2.73 bits per heavy atom. The Morgan fingerprint density at radius 2 is 1.91 bits per heavy atom. The van der Waals surface area contributed by atoms with Gasteiger partial charge in [0.2, 0.25) is 0 Å². The first-order chi connectivity index (χ1) is 10.7. The van der Waals surface area contributed by atoms with E-state index in [0.29, 0.717) is 5.92 Å². The molecule has 1 aliphatic carbocycles. The summed E-state index contributed by atoms with van der Waals surface area (Å²) in [7, 11) is 0. The van der Waals surface area contributed by atoms with Crippen LogP contribution in [0.4, 0.5) is 0 Å². The van der Waals surface area contributed by atoms with Crippen molar-refractivity contribution in [2.45, 2.75) is 26.2 Å². The number of aromatic nitrogens is 1. The topological polar surface area (TPSA) is 12.9 Å². The third-order valence-electron chi connectivity index (χ3n) is 4.62. The predicted molar refractivity (Wildman–Crippen MR) is 93.4 cm³/mol. The molecule has 1 atom stereocenters. The number of hydrogen-bond acceptors (Lipinski definition) is 1. The largest absolute Gasteiger partial charge is 0.253 e. The van der Waals surface area contributed by atoms with Gasteiger partial charge in [-0.3, -0.25) is 4.98 Å². The SMILES string of the molecule is CC1CCc2nc3ccc(Cl)cc3c(-c3ccccc3)c2C1. The maximum Gasteiger partial charge on any atom is 0.0712 e. The van der Waals surface area contributed by atoms with Crippen molar-refractivity contribution in [2.75, 3.05) is 0 Å². The van der Waals surface area contributed by atoms with Crippen LogP contribution in [0.5, 0.6) is 0 Å². The van der Waals surface area contributed by atoms with E-state index in [9.17, 15) is 0 Å². The summed E-state index contributed by atoms with van der Waals surface area (Å²) in [4.78, 5) is 4.92. The highest BCUT2D eigenvalue weighted by molar-refractivity contribution is 6.31. The van der Waals surface area contributed by atoms with Gasteiger partial charge in [0.25, 0.3) is 0 Å². The van der Waals surface area contributed by atoms with Crippen LogP contribution < -0.4 is 0 Å². The van der Waals surface area contributed by atoms with Crippen LogP contribution in [0.25, 0.3) is 22.0 Å². The highest BCUT2D eigenvalue weighted by Crippen LogP contribution is 2.38. The van der Waals surface area contributed by atoms with Crippen LogP contribution in [-0.2, 0) is 12.8 Å². The Labute approximate surface area is 136 Å². The predicted octanol–water partition coefficient (Wildman–Crippen LogP) is 5.68. The van der Waals surface area contributed by atoms with Gasteiger partial charge < -0.3 is 0 Å². The normalized spacial score (nSPS) is 17.5. The van der Waals surface area contributed by atoms with Crippen LogP contribution >= 0.6 is 11.6 Å². The summed E-state index contributed by atoms with van der Waals surface area (Å²) >= 11 is 6.26. The lowest BCUT2D eigenvalue weighted by Gasteiger charge is -2.25. The summed E-state index contributed by atoms with van der Waals surface area (Å²) in [5.41, 5.74) is 6.33. The molecule has 0 saturated carbocycles. The molecule has 0 amide bonds. The van der Waals surface area contributed by atoms with E-state index in [1.807, 2.05) is 12.1 Å². The number of benzene rings is 2. The van der Waals surface area contributed by atoms with Crippen LogP contribution in [0.2, 0.25) is 5.02 Å². The molecule has 0 N–H and O–H groups in total. The highest BCUT2D eigenvalue weighted by Gasteiger charge is 2.22. The zero-order chi connectivity index (χ0) is 15.1. The highest BCUT2D eigenvalue weighted by atomic mass is 35.5. The van der Waals surface area contributed by atoms with Crippen LogP contribution in [-0.4, -0.2) is 4.98 Å². The first-order valence-electron chi connectivity index (χ1n) is 7.89. The number of hydrogen-bond donors (Lipinski definition) is 0. The van der Waals surface area contributed by atoms with Gasteiger partial charge in [-0.25, -0.2) is 0 Å². The minimum Gasteiger partial charge on any atom is -0.253 e. The maximum absolute atomic E-state index is 6.26. The van der Waals surface area contributed by atoms with E-state index in [0.717, 1.165) is 23.4 Å². The van der Waals surface area contributed by atoms with Gasteiger partial charge in [-0.2, -0.15) is 0 Å². The van der Waals surface area contributed by atoms with Gasteiger partial charge in [-0.05, 0) is 60.1 Å². The molecule has 2 heteroatoms. The van der Waals surface area contributed by atoms with Gasteiger partial charge in [0, 0.05) is 16.1 Å². The summed E-state index contributed by atoms with van der Waals surface area (Å²) in [5, 5.41) is 1.95. The van der Waals surface area contributed by atoms with Crippen molar-refractivity contribution in [3.8, 4) is 11.1 Å². The minimum atomic E-state index is 0.716. The van der Waals surface area contributed by atoms with Gasteiger partial charge >= 0.3 is 0 Å². The summed E-state index contributed by atoms with van der Waals surface area (Å²) in [5.74, 6) is 0.716. The average Bonchev–Trinajstić information content (AvgIpc) is 2.54. The fourth-order valence-corrected chi connectivity index (χ4v) is 3.69. The Hall–Kier alpha value is -1.86. The first-order valence-corrected chi connectivity index (χ1v) is 8.26. The van der Waals surface area contributed by atoms with Gasteiger partial charge in [-0.1, -0.05) is 48.9 Å². The van der Waals surface area contributed by atoms with Crippen molar-refractivity contribution in [1.82, 2.24) is 4.98 Å². The van der Waals surface area contributed by atoms with Gasteiger partial charge in [0.15, 0.2) is 0 Å². The third-order valence-corrected chi connectivity index (χ3v) is 4.86. The quantitative estimate of drug-likeness (QED) is 0.563. The zero-order valence-electron chi connectivity index (χ0n) is 12.6. The van der Waals surface area contributed by atoms with Crippen molar-refractivity contribution < 1.29 is 0 Å². The molecule has 4 rings (SSSR count). The molecule has 0 saturated heterocycles. The Morgan fingerprint density at radius 1 is 1.09 bits per heavy atom. The first kappa shape index (κ1) is 13.8. The summed E-state index contributed by atoms with van der Waals surface area (Å²) in [6, 6.07) is 16.7. The standard InChI is InChI=1S/C20H18ClN/c1-13-7-9-18-16(11-13)20(14-5-3-2-4-6-14)17-12-15(21)8-10-19(17)22-18/h2-6,8,10,12-13H,7,9,11H2,1H3. The molecule has 0 fully saturated rings. The fourth-order valence-electron chi connectivity index (χ4n) is 3.52. The Balaban J connectivity index is 2.09. The van der Waals surface area contributed by atoms with E-state index in [2.05, 4.69) is 43.3 Å². The molecule has 1 aliphatic rings. The molecule has 1 aromatic heterocycles. The average molecular weight is 308 g/mol. The molecule has 0 aliphatic heterocycles. The number of nitrogens with zero attached hydrogens (tertiary/aromatic N) is 1. The number of aryl methyl sites for hydroxylation is 1. The molecule has 22 heavy (non-hydrogen) atoms. The third kappa shape index (κ3) is 2.30. The molecule has 0 bridgehead atoms. The molecular weight excluding hydrogens is 290 g/mol. The van der Waals surface area contributed by atoms with E-state index in [-0.39, 0.29) is 0 Å². The number of pyridine rings is 1. The van der Waals surface area contributed by atoms with Crippen molar-refractivity contribution in [1.29, 1.82) is 0 Å². The summed E-state index contributed by atoms with van der Waals surface area (Å²) in [6.07, 6.45) is 3.41. The van der Waals surface area contributed by atoms with E-state index in [1.165, 1.54) is 34.2 Å². The monoisotopic (exact) mass is 307 g/mol. The second-order valence-electron chi connectivity index (χ2n) is 6.29. The number of fused-ring (bicyclic) bond motifs is 2. The second kappa shape index (κ2) is 5.40. The van der Waals surface area contributed by atoms with Crippen LogP contribution in [0.15, 0.2) is 48.5 Å². The van der Waals surface area contributed by atoms with Crippen molar-refractivity contribution in [3.63, 3.8) is 0 Å². The summed E-state index contributed by atoms with van der Waals surface area (Å²) in [6.45, 7) is 2.33. The molecule has 1 heterocycles. The van der Waals surface area contributed by atoms with E-state index >= 15 is 0 Å². The molecule has 110 valence electrons. The Bertz CT molecular complexity index is 839. The van der Waals surface area contributed by atoms with Crippen LogP contribution in [0.3, 0.4) is 0 Å². The molecule has 2 aromatic carbocycles. The van der Waals surface area contributed by atoms with Crippen molar-refractivity contribution in [3.05, 3.63) is 64.8 Å². The lowest BCUT2D eigenvalue weighted by atomic mass is 9.82. The number of halogens is 1. The van der Waals surface area contributed by atoms with E-state index in [4.69, 9.17) is 16.6 Å². The van der Waals surface area contributed by atoms with Crippen molar-refractivity contribution in [2.24, 2.45) is 5.92 Å².